The molecule has 1 aromatic heterocycles. The van der Waals surface area contributed by atoms with Crippen LogP contribution in [0.4, 0.5) is 10.1 Å². The summed E-state index contributed by atoms with van der Waals surface area (Å²) in [5.41, 5.74) is 3.28. The summed E-state index contributed by atoms with van der Waals surface area (Å²) >= 11 is 0. The first-order valence-electron chi connectivity index (χ1n) is 9.12. The standard InChI is InChI=1S/C22H23FN2O/c1-2-3-4-5-8-21(26)25-20-15-18(16-9-11-19(23)12-10-16)14-17-7-6-13-24-22(17)20/h6-7,9-15H,2-5,8H2,1H3,(H,25,26). The number of rotatable bonds is 7. The van der Waals surface area contributed by atoms with E-state index in [2.05, 4.69) is 17.2 Å². The summed E-state index contributed by atoms with van der Waals surface area (Å²) < 4.78 is 13.2. The number of hydrogen-bond donors (Lipinski definition) is 1. The molecule has 0 spiro atoms. The van der Waals surface area contributed by atoms with Crippen molar-refractivity contribution < 1.29 is 9.18 Å². The molecule has 0 aliphatic rings. The molecule has 0 bridgehead atoms. The van der Waals surface area contributed by atoms with Gasteiger partial charge >= 0.3 is 0 Å². The van der Waals surface area contributed by atoms with E-state index in [1.165, 1.54) is 12.1 Å². The normalized spacial score (nSPS) is 10.8. The molecule has 0 aliphatic carbocycles. The lowest BCUT2D eigenvalue weighted by Crippen LogP contribution is -2.11. The fourth-order valence-electron chi connectivity index (χ4n) is 3.02. The second-order valence-electron chi connectivity index (χ2n) is 6.46. The number of carbonyl (C=O) groups is 1. The van der Waals surface area contributed by atoms with Gasteiger partial charge in [-0.3, -0.25) is 9.78 Å². The second kappa shape index (κ2) is 8.56. The molecule has 1 N–H and O–H groups in total. The van der Waals surface area contributed by atoms with Crippen molar-refractivity contribution in [2.75, 3.05) is 5.32 Å². The maximum atomic E-state index is 13.2. The van der Waals surface area contributed by atoms with Crippen LogP contribution in [-0.4, -0.2) is 10.9 Å². The van der Waals surface area contributed by atoms with Gasteiger partial charge in [-0.15, -0.1) is 0 Å². The minimum atomic E-state index is -0.267. The third-order valence-electron chi connectivity index (χ3n) is 4.41. The zero-order chi connectivity index (χ0) is 18.4. The molecule has 0 saturated carbocycles. The van der Waals surface area contributed by atoms with Crippen LogP contribution in [0.5, 0.6) is 0 Å². The molecule has 4 heteroatoms. The molecule has 0 fully saturated rings. The van der Waals surface area contributed by atoms with Crippen molar-refractivity contribution in [3.63, 3.8) is 0 Å². The second-order valence-corrected chi connectivity index (χ2v) is 6.46. The molecular weight excluding hydrogens is 327 g/mol. The van der Waals surface area contributed by atoms with E-state index >= 15 is 0 Å². The first kappa shape index (κ1) is 18.1. The average molecular weight is 350 g/mol. The van der Waals surface area contributed by atoms with Gasteiger partial charge in [-0.25, -0.2) is 4.39 Å². The number of aromatic nitrogens is 1. The first-order chi connectivity index (χ1) is 12.7. The Balaban J connectivity index is 1.88. The summed E-state index contributed by atoms with van der Waals surface area (Å²) in [4.78, 5) is 16.7. The molecule has 0 radical (unpaired) electrons. The summed E-state index contributed by atoms with van der Waals surface area (Å²) in [7, 11) is 0. The molecule has 26 heavy (non-hydrogen) atoms. The molecule has 3 nitrogen and oxygen atoms in total. The van der Waals surface area contributed by atoms with E-state index in [4.69, 9.17) is 0 Å². The smallest absolute Gasteiger partial charge is 0.224 e. The number of hydrogen-bond acceptors (Lipinski definition) is 2. The predicted octanol–water partition coefficient (Wildman–Crippen LogP) is 5.95. The van der Waals surface area contributed by atoms with Crippen LogP contribution in [0, 0.1) is 5.82 Å². The van der Waals surface area contributed by atoms with Crippen molar-refractivity contribution in [3.05, 3.63) is 60.5 Å². The van der Waals surface area contributed by atoms with Gasteiger partial charge in [-0.1, -0.05) is 44.4 Å². The predicted molar refractivity (Wildman–Crippen MR) is 105 cm³/mol. The quantitative estimate of drug-likeness (QED) is 0.535. The largest absolute Gasteiger partial charge is 0.324 e. The van der Waals surface area contributed by atoms with Gasteiger partial charge in [0, 0.05) is 18.0 Å². The summed E-state index contributed by atoms with van der Waals surface area (Å²) in [5, 5.41) is 3.95. The van der Waals surface area contributed by atoms with E-state index < -0.39 is 0 Å². The van der Waals surface area contributed by atoms with Crippen LogP contribution >= 0.6 is 0 Å². The molecule has 0 saturated heterocycles. The lowest BCUT2D eigenvalue weighted by atomic mass is 10.0. The molecule has 134 valence electrons. The SMILES string of the molecule is CCCCCCC(=O)Nc1cc(-c2ccc(F)cc2)cc2cccnc12. The van der Waals surface area contributed by atoms with Crippen LogP contribution in [0.1, 0.15) is 39.0 Å². The molecule has 3 rings (SSSR count). The highest BCUT2D eigenvalue weighted by atomic mass is 19.1. The Morgan fingerprint density at radius 1 is 1.04 bits per heavy atom. The van der Waals surface area contributed by atoms with E-state index in [0.29, 0.717) is 12.1 Å². The van der Waals surface area contributed by atoms with Gasteiger partial charge in [0.15, 0.2) is 0 Å². The van der Waals surface area contributed by atoms with Gasteiger partial charge in [-0.2, -0.15) is 0 Å². The number of amides is 1. The lowest BCUT2D eigenvalue weighted by molar-refractivity contribution is -0.116. The van der Waals surface area contributed by atoms with Crippen molar-refractivity contribution in [2.24, 2.45) is 0 Å². The van der Waals surface area contributed by atoms with Gasteiger partial charge in [0.05, 0.1) is 11.2 Å². The maximum Gasteiger partial charge on any atom is 0.224 e. The van der Waals surface area contributed by atoms with Gasteiger partial charge in [0.2, 0.25) is 5.91 Å². The zero-order valence-electron chi connectivity index (χ0n) is 15.0. The minimum Gasteiger partial charge on any atom is -0.324 e. The number of carbonyl (C=O) groups excluding carboxylic acids is 1. The Kier molecular flexibility index (Phi) is 5.95. The highest BCUT2D eigenvalue weighted by Gasteiger charge is 2.10. The number of halogens is 1. The Hall–Kier alpha value is -2.75. The van der Waals surface area contributed by atoms with Gasteiger partial charge in [0.1, 0.15) is 5.82 Å². The maximum absolute atomic E-state index is 13.2. The minimum absolute atomic E-state index is 0.00399. The Morgan fingerprint density at radius 3 is 2.62 bits per heavy atom. The van der Waals surface area contributed by atoms with Crippen LogP contribution in [0.25, 0.3) is 22.0 Å². The van der Waals surface area contributed by atoms with Crippen molar-refractivity contribution in [2.45, 2.75) is 39.0 Å². The lowest BCUT2D eigenvalue weighted by Gasteiger charge is -2.11. The van der Waals surface area contributed by atoms with Crippen LogP contribution in [0.3, 0.4) is 0 Å². The van der Waals surface area contributed by atoms with Crippen LogP contribution in [-0.2, 0) is 4.79 Å². The zero-order valence-corrected chi connectivity index (χ0v) is 15.0. The Morgan fingerprint density at radius 2 is 1.85 bits per heavy atom. The summed E-state index contributed by atoms with van der Waals surface area (Å²) in [6.07, 6.45) is 6.49. The third-order valence-corrected chi connectivity index (χ3v) is 4.41. The first-order valence-corrected chi connectivity index (χ1v) is 9.12. The number of pyridine rings is 1. The summed E-state index contributed by atoms with van der Waals surface area (Å²) in [6, 6.07) is 14.1. The van der Waals surface area contributed by atoms with Gasteiger partial charge < -0.3 is 5.32 Å². The highest BCUT2D eigenvalue weighted by Crippen LogP contribution is 2.30. The highest BCUT2D eigenvalue weighted by molar-refractivity contribution is 6.02. The monoisotopic (exact) mass is 350 g/mol. The molecule has 1 amide bonds. The molecule has 1 heterocycles. The van der Waals surface area contributed by atoms with Crippen LogP contribution in [0.2, 0.25) is 0 Å². The number of nitrogens with zero attached hydrogens (tertiary/aromatic N) is 1. The molecule has 0 atom stereocenters. The fraction of sp³-hybridized carbons (Fsp3) is 0.273. The Bertz CT molecular complexity index is 890. The molecule has 3 aromatic rings. The van der Waals surface area contributed by atoms with E-state index in [1.54, 1.807) is 18.3 Å². The van der Waals surface area contributed by atoms with Gasteiger partial charge in [-0.05, 0) is 47.9 Å². The third kappa shape index (κ3) is 4.45. The van der Waals surface area contributed by atoms with Crippen molar-refractivity contribution >= 4 is 22.5 Å². The van der Waals surface area contributed by atoms with E-state index in [9.17, 15) is 9.18 Å². The van der Waals surface area contributed by atoms with Crippen molar-refractivity contribution in [1.29, 1.82) is 0 Å². The number of fused-ring (bicyclic) bond motifs is 1. The number of unbranched alkanes of at least 4 members (excludes halogenated alkanes) is 3. The number of benzene rings is 2. The summed E-state index contributed by atoms with van der Waals surface area (Å²) in [6.45, 7) is 2.15. The fourth-order valence-corrected chi connectivity index (χ4v) is 3.02. The van der Waals surface area contributed by atoms with Crippen LogP contribution < -0.4 is 5.32 Å². The molecule has 0 unspecified atom stereocenters. The number of nitrogens with one attached hydrogen (secondary N) is 1. The van der Waals surface area contributed by atoms with E-state index in [0.717, 1.165) is 47.7 Å². The molecule has 0 aliphatic heterocycles. The molecular formula is C22H23FN2O. The van der Waals surface area contributed by atoms with Gasteiger partial charge in [0.25, 0.3) is 0 Å². The summed E-state index contributed by atoms with van der Waals surface area (Å²) in [5.74, 6) is -0.263. The average Bonchev–Trinajstić information content (AvgIpc) is 2.66. The van der Waals surface area contributed by atoms with E-state index in [-0.39, 0.29) is 11.7 Å². The number of anilines is 1. The topological polar surface area (TPSA) is 42.0 Å². The molecule has 2 aromatic carbocycles. The Labute approximate surface area is 153 Å². The van der Waals surface area contributed by atoms with Crippen molar-refractivity contribution in [3.8, 4) is 11.1 Å². The van der Waals surface area contributed by atoms with E-state index in [1.807, 2.05) is 24.3 Å². The van der Waals surface area contributed by atoms with Crippen LogP contribution in [0.15, 0.2) is 54.7 Å². The van der Waals surface area contributed by atoms with Crippen molar-refractivity contribution in [1.82, 2.24) is 4.98 Å².